The summed E-state index contributed by atoms with van der Waals surface area (Å²) < 4.78 is 0. The monoisotopic (exact) mass is 382 g/mol. The average Bonchev–Trinajstić information content (AvgIpc) is 2.67. The third-order valence-electron chi connectivity index (χ3n) is 4.26. The normalized spacial score (nSPS) is 10.5. The highest BCUT2D eigenvalue weighted by Crippen LogP contribution is 2.23. The number of anilines is 5. The van der Waals surface area contributed by atoms with Crippen LogP contribution in [0.4, 0.5) is 28.8 Å². The molecule has 0 aliphatic rings. The van der Waals surface area contributed by atoms with E-state index in [9.17, 15) is 0 Å². The van der Waals surface area contributed by atoms with Crippen LogP contribution < -0.4 is 15.5 Å². The van der Waals surface area contributed by atoms with Crippen LogP contribution in [-0.4, -0.2) is 28.3 Å². The minimum absolute atomic E-state index is 0.425. The zero-order chi connectivity index (χ0) is 19.2. The topological polar surface area (TPSA) is 66.0 Å². The summed E-state index contributed by atoms with van der Waals surface area (Å²) in [5.41, 5.74) is 3.97. The second-order valence-electron chi connectivity index (χ2n) is 6.10. The summed E-state index contributed by atoms with van der Waals surface area (Å²) in [6.07, 6.45) is 1.57. The summed E-state index contributed by atoms with van der Waals surface area (Å²) >= 11 is 6.17. The first kappa shape index (κ1) is 18.9. The molecule has 7 heteroatoms. The lowest BCUT2D eigenvalue weighted by molar-refractivity contribution is 0.866. The molecule has 2 N–H and O–H groups in total. The van der Waals surface area contributed by atoms with Crippen molar-refractivity contribution in [1.29, 1.82) is 0 Å². The maximum absolute atomic E-state index is 6.17. The van der Waals surface area contributed by atoms with Gasteiger partial charge in [-0.2, -0.15) is 10.1 Å². The molecule has 0 saturated heterocycles. The highest BCUT2D eigenvalue weighted by molar-refractivity contribution is 6.31. The molecule has 0 radical (unpaired) electrons. The molecular formula is C20H23ClN6. The smallest absolute Gasteiger partial charge is 0.249 e. The number of aromatic nitrogens is 3. The third-order valence-corrected chi connectivity index (χ3v) is 4.66. The zero-order valence-corrected chi connectivity index (χ0v) is 16.5. The Morgan fingerprint density at radius 1 is 0.963 bits per heavy atom. The van der Waals surface area contributed by atoms with E-state index < -0.39 is 0 Å². The van der Waals surface area contributed by atoms with Crippen molar-refractivity contribution >= 4 is 40.4 Å². The standard InChI is InChI=1S/C20H23ClN6/c1-4-27(5-2)17-10-8-15(9-11-17)24-20-25-19(13-22-26-20)23-16-7-6-14(3)18(21)12-16/h6-13H,4-5H2,1-3H3,(H2,23,24,25,26). The van der Waals surface area contributed by atoms with Crippen LogP contribution in [0.3, 0.4) is 0 Å². The Hall–Kier alpha value is -2.86. The van der Waals surface area contributed by atoms with E-state index in [0.717, 1.165) is 30.0 Å². The first-order valence-corrected chi connectivity index (χ1v) is 9.31. The van der Waals surface area contributed by atoms with Gasteiger partial charge in [0.25, 0.3) is 0 Å². The van der Waals surface area contributed by atoms with Crippen molar-refractivity contribution in [2.45, 2.75) is 20.8 Å². The molecule has 0 atom stereocenters. The summed E-state index contributed by atoms with van der Waals surface area (Å²) in [7, 11) is 0. The number of hydrogen-bond acceptors (Lipinski definition) is 6. The number of hydrogen-bond donors (Lipinski definition) is 2. The van der Waals surface area contributed by atoms with Gasteiger partial charge in [0.15, 0.2) is 5.82 Å². The predicted molar refractivity (Wildman–Crippen MR) is 113 cm³/mol. The van der Waals surface area contributed by atoms with Crippen LogP contribution in [0.15, 0.2) is 48.7 Å². The fourth-order valence-electron chi connectivity index (χ4n) is 2.71. The molecule has 0 bridgehead atoms. The van der Waals surface area contributed by atoms with E-state index in [0.29, 0.717) is 16.8 Å². The highest BCUT2D eigenvalue weighted by atomic mass is 35.5. The van der Waals surface area contributed by atoms with Crippen LogP contribution in [0.2, 0.25) is 5.02 Å². The SMILES string of the molecule is CCN(CC)c1ccc(Nc2nncc(Nc3ccc(C)c(Cl)c3)n2)cc1. The van der Waals surface area contributed by atoms with Gasteiger partial charge in [0, 0.05) is 35.2 Å². The molecule has 1 heterocycles. The molecule has 0 aliphatic heterocycles. The van der Waals surface area contributed by atoms with E-state index in [1.54, 1.807) is 6.20 Å². The van der Waals surface area contributed by atoms with Gasteiger partial charge in [-0.3, -0.25) is 0 Å². The van der Waals surface area contributed by atoms with Crippen molar-refractivity contribution in [2.75, 3.05) is 28.6 Å². The van der Waals surface area contributed by atoms with E-state index in [1.165, 1.54) is 5.69 Å². The molecule has 27 heavy (non-hydrogen) atoms. The maximum atomic E-state index is 6.17. The number of nitrogens with one attached hydrogen (secondary N) is 2. The summed E-state index contributed by atoms with van der Waals surface area (Å²) in [6.45, 7) is 8.22. The molecule has 6 nitrogen and oxygen atoms in total. The Morgan fingerprint density at radius 3 is 2.33 bits per heavy atom. The van der Waals surface area contributed by atoms with Crippen LogP contribution in [0.25, 0.3) is 0 Å². The minimum Gasteiger partial charge on any atom is -0.372 e. The van der Waals surface area contributed by atoms with Crippen molar-refractivity contribution in [3.63, 3.8) is 0 Å². The van der Waals surface area contributed by atoms with Crippen LogP contribution in [-0.2, 0) is 0 Å². The summed E-state index contributed by atoms with van der Waals surface area (Å²) in [4.78, 5) is 6.75. The second-order valence-corrected chi connectivity index (χ2v) is 6.51. The fourth-order valence-corrected chi connectivity index (χ4v) is 2.89. The first-order chi connectivity index (χ1) is 13.1. The predicted octanol–water partition coefficient (Wildman–Crippen LogP) is 5.17. The number of aryl methyl sites for hydroxylation is 1. The van der Waals surface area contributed by atoms with E-state index in [-0.39, 0.29) is 0 Å². The van der Waals surface area contributed by atoms with E-state index >= 15 is 0 Å². The number of rotatable bonds is 7. The maximum Gasteiger partial charge on any atom is 0.249 e. The second kappa shape index (κ2) is 8.68. The molecule has 1 aromatic heterocycles. The number of nitrogens with zero attached hydrogens (tertiary/aromatic N) is 4. The van der Waals surface area contributed by atoms with Crippen LogP contribution >= 0.6 is 11.6 Å². The van der Waals surface area contributed by atoms with Crippen LogP contribution in [0.1, 0.15) is 19.4 Å². The molecule has 3 rings (SSSR count). The van der Waals surface area contributed by atoms with Gasteiger partial charge in [0.2, 0.25) is 5.95 Å². The Labute approximate surface area is 164 Å². The van der Waals surface area contributed by atoms with Crippen molar-refractivity contribution < 1.29 is 0 Å². The Balaban J connectivity index is 1.71. The van der Waals surface area contributed by atoms with Gasteiger partial charge in [-0.1, -0.05) is 17.7 Å². The molecule has 0 saturated carbocycles. The molecule has 0 amide bonds. The van der Waals surface area contributed by atoms with Crippen molar-refractivity contribution in [2.24, 2.45) is 0 Å². The molecule has 2 aromatic carbocycles. The average molecular weight is 383 g/mol. The number of halogens is 1. The van der Waals surface area contributed by atoms with Gasteiger partial charge in [-0.05, 0) is 62.7 Å². The van der Waals surface area contributed by atoms with E-state index in [2.05, 4.69) is 56.7 Å². The first-order valence-electron chi connectivity index (χ1n) is 8.94. The van der Waals surface area contributed by atoms with Gasteiger partial charge in [0.1, 0.15) is 0 Å². The van der Waals surface area contributed by atoms with Crippen LogP contribution in [0, 0.1) is 6.92 Å². The van der Waals surface area contributed by atoms with Crippen LogP contribution in [0.5, 0.6) is 0 Å². The molecule has 0 fully saturated rings. The minimum atomic E-state index is 0.425. The lowest BCUT2D eigenvalue weighted by Gasteiger charge is -2.21. The highest BCUT2D eigenvalue weighted by Gasteiger charge is 2.05. The third kappa shape index (κ3) is 4.86. The van der Waals surface area contributed by atoms with Gasteiger partial charge in [-0.25, -0.2) is 0 Å². The van der Waals surface area contributed by atoms with Gasteiger partial charge >= 0.3 is 0 Å². The molecule has 0 unspecified atom stereocenters. The Bertz CT molecular complexity index is 893. The van der Waals surface area contributed by atoms with Gasteiger partial charge < -0.3 is 15.5 Å². The quantitative estimate of drug-likeness (QED) is 0.587. The molecular weight excluding hydrogens is 360 g/mol. The largest absolute Gasteiger partial charge is 0.372 e. The van der Waals surface area contributed by atoms with Crippen molar-refractivity contribution in [3.05, 3.63) is 59.2 Å². The molecule has 140 valence electrons. The lowest BCUT2D eigenvalue weighted by Crippen LogP contribution is -2.21. The van der Waals surface area contributed by atoms with Crippen molar-refractivity contribution in [1.82, 2.24) is 15.2 Å². The Kier molecular flexibility index (Phi) is 6.08. The summed E-state index contributed by atoms with van der Waals surface area (Å²) in [5, 5.41) is 15.1. The van der Waals surface area contributed by atoms with Gasteiger partial charge in [-0.15, -0.1) is 5.10 Å². The fraction of sp³-hybridized carbons (Fsp3) is 0.250. The van der Waals surface area contributed by atoms with Crippen molar-refractivity contribution in [3.8, 4) is 0 Å². The molecule has 0 aliphatic carbocycles. The van der Waals surface area contributed by atoms with E-state index in [4.69, 9.17) is 11.6 Å². The molecule has 3 aromatic rings. The van der Waals surface area contributed by atoms with E-state index in [1.807, 2.05) is 37.3 Å². The summed E-state index contributed by atoms with van der Waals surface area (Å²) in [6, 6.07) is 13.9. The number of benzene rings is 2. The molecule has 0 spiro atoms. The Morgan fingerprint density at radius 2 is 1.67 bits per heavy atom. The van der Waals surface area contributed by atoms with Gasteiger partial charge in [0.05, 0.1) is 6.20 Å². The lowest BCUT2D eigenvalue weighted by atomic mass is 10.2. The zero-order valence-electron chi connectivity index (χ0n) is 15.7. The summed E-state index contributed by atoms with van der Waals surface area (Å²) in [5.74, 6) is 1.01.